The Hall–Kier alpha value is -1.06. The van der Waals surface area contributed by atoms with E-state index in [0.29, 0.717) is 5.92 Å². The summed E-state index contributed by atoms with van der Waals surface area (Å²) in [6, 6.07) is 3.84. The Morgan fingerprint density at radius 1 is 1.27 bits per heavy atom. The van der Waals surface area contributed by atoms with E-state index in [1.54, 1.807) is 7.11 Å². The molecule has 0 aliphatic carbocycles. The summed E-state index contributed by atoms with van der Waals surface area (Å²) in [5.74, 6) is 1.20. The summed E-state index contributed by atoms with van der Waals surface area (Å²) in [6.07, 6.45) is -0.923. The van der Waals surface area contributed by atoms with Crippen LogP contribution in [0.1, 0.15) is 42.7 Å². The fourth-order valence-corrected chi connectivity index (χ4v) is 1.66. The first kappa shape index (κ1) is 12.0. The Labute approximate surface area is 90.9 Å². The molecule has 1 rings (SSSR count). The number of hydrogen-bond acceptors (Lipinski definition) is 3. The van der Waals surface area contributed by atoms with E-state index in [1.165, 1.54) is 0 Å². The van der Waals surface area contributed by atoms with Crippen LogP contribution in [0, 0.1) is 6.92 Å². The molecule has 3 N–H and O–H groups in total. The number of methoxy groups -OCH3 is 1. The highest BCUT2D eigenvalue weighted by Crippen LogP contribution is 2.30. The average Bonchev–Trinajstić information content (AvgIpc) is 2.16. The number of aliphatic hydroxyl groups excluding tert-OH is 1. The number of ether oxygens (including phenoxy) is 1. The second kappa shape index (κ2) is 4.64. The number of nitrogens with two attached hydrogens (primary N) is 1. The molecule has 0 radical (unpaired) electrons. The maximum Gasteiger partial charge on any atom is 0.128 e. The third-order valence-corrected chi connectivity index (χ3v) is 2.56. The van der Waals surface area contributed by atoms with Crippen molar-refractivity contribution in [2.75, 3.05) is 7.11 Å². The molecule has 0 amide bonds. The van der Waals surface area contributed by atoms with Crippen LogP contribution in [0.25, 0.3) is 0 Å². The highest BCUT2D eigenvalue weighted by atomic mass is 16.5. The van der Waals surface area contributed by atoms with E-state index in [-0.39, 0.29) is 0 Å². The molecule has 0 aliphatic rings. The van der Waals surface area contributed by atoms with Crippen LogP contribution in [-0.2, 0) is 0 Å². The highest BCUT2D eigenvalue weighted by Gasteiger charge is 2.13. The molecule has 1 aromatic rings. The van der Waals surface area contributed by atoms with Crippen molar-refractivity contribution >= 4 is 0 Å². The van der Waals surface area contributed by atoms with Crippen molar-refractivity contribution in [1.82, 2.24) is 0 Å². The molecule has 84 valence electrons. The van der Waals surface area contributed by atoms with Gasteiger partial charge in [-0.2, -0.15) is 0 Å². The molecule has 0 heterocycles. The van der Waals surface area contributed by atoms with E-state index in [9.17, 15) is 5.11 Å². The predicted molar refractivity (Wildman–Crippen MR) is 61.0 cm³/mol. The van der Waals surface area contributed by atoms with Gasteiger partial charge in [-0.05, 0) is 41.7 Å². The largest absolute Gasteiger partial charge is 0.496 e. The van der Waals surface area contributed by atoms with Gasteiger partial charge >= 0.3 is 0 Å². The minimum Gasteiger partial charge on any atom is -0.496 e. The molecule has 0 saturated heterocycles. The topological polar surface area (TPSA) is 55.5 Å². The Kier molecular flexibility index (Phi) is 3.72. The van der Waals surface area contributed by atoms with E-state index in [1.807, 2.05) is 19.1 Å². The van der Waals surface area contributed by atoms with E-state index < -0.39 is 6.23 Å². The zero-order valence-corrected chi connectivity index (χ0v) is 9.74. The standard InChI is InChI=1S/C12H19NO2/c1-7(2)9-6-10(12(13)14)8(3)5-11(9)15-4/h5-7,12,14H,13H2,1-4H3. The van der Waals surface area contributed by atoms with Gasteiger partial charge in [0, 0.05) is 0 Å². The number of aliphatic hydroxyl groups is 1. The molecule has 1 unspecified atom stereocenters. The molecule has 0 aromatic heterocycles. The Bertz CT molecular complexity index is 346. The fraction of sp³-hybridized carbons (Fsp3) is 0.500. The molecule has 15 heavy (non-hydrogen) atoms. The van der Waals surface area contributed by atoms with Crippen molar-refractivity contribution < 1.29 is 9.84 Å². The lowest BCUT2D eigenvalue weighted by Gasteiger charge is -2.17. The number of benzene rings is 1. The summed E-state index contributed by atoms with van der Waals surface area (Å²) in [4.78, 5) is 0. The summed E-state index contributed by atoms with van der Waals surface area (Å²) < 4.78 is 5.30. The quantitative estimate of drug-likeness (QED) is 0.749. The van der Waals surface area contributed by atoms with E-state index in [4.69, 9.17) is 10.5 Å². The van der Waals surface area contributed by atoms with Crippen LogP contribution in [0.2, 0.25) is 0 Å². The molecular weight excluding hydrogens is 190 g/mol. The number of rotatable bonds is 3. The first-order valence-electron chi connectivity index (χ1n) is 5.09. The molecule has 0 aliphatic heterocycles. The SMILES string of the molecule is COc1cc(C)c(C(N)O)cc1C(C)C. The van der Waals surface area contributed by atoms with Gasteiger partial charge < -0.3 is 15.6 Å². The first-order valence-corrected chi connectivity index (χ1v) is 5.09. The van der Waals surface area contributed by atoms with Crippen molar-refractivity contribution in [2.24, 2.45) is 5.73 Å². The molecule has 3 nitrogen and oxygen atoms in total. The van der Waals surface area contributed by atoms with Crippen molar-refractivity contribution in [1.29, 1.82) is 0 Å². The number of aryl methyl sites for hydroxylation is 1. The van der Waals surface area contributed by atoms with Gasteiger partial charge in [-0.1, -0.05) is 13.8 Å². The summed E-state index contributed by atoms with van der Waals surface area (Å²) in [7, 11) is 1.65. The van der Waals surface area contributed by atoms with Crippen molar-refractivity contribution in [3.8, 4) is 5.75 Å². The van der Waals surface area contributed by atoms with E-state index in [2.05, 4.69) is 13.8 Å². The third-order valence-electron chi connectivity index (χ3n) is 2.56. The zero-order chi connectivity index (χ0) is 11.6. The van der Waals surface area contributed by atoms with Gasteiger partial charge in [-0.3, -0.25) is 0 Å². The zero-order valence-electron chi connectivity index (χ0n) is 9.74. The molecule has 0 bridgehead atoms. The van der Waals surface area contributed by atoms with Crippen LogP contribution in [0.4, 0.5) is 0 Å². The first-order chi connectivity index (χ1) is 6.97. The van der Waals surface area contributed by atoms with Crippen molar-refractivity contribution in [3.63, 3.8) is 0 Å². The predicted octanol–water partition coefficient (Wildman–Crippen LogP) is 2.08. The third kappa shape index (κ3) is 2.49. The van der Waals surface area contributed by atoms with Crippen molar-refractivity contribution in [3.05, 3.63) is 28.8 Å². The van der Waals surface area contributed by atoms with Gasteiger partial charge in [0.2, 0.25) is 0 Å². The van der Waals surface area contributed by atoms with Crippen LogP contribution in [0.3, 0.4) is 0 Å². The van der Waals surface area contributed by atoms with Crippen LogP contribution in [0.5, 0.6) is 5.75 Å². The normalized spacial score (nSPS) is 13.0. The van der Waals surface area contributed by atoms with Gasteiger partial charge in [-0.15, -0.1) is 0 Å². The summed E-state index contributed by atoms with van der Waals surface area (Å²) in [5.41, 5.74) is 8.28. The lowest BCUT2D eigenvalue weighted by atomic mass is 9.96. The smallest absolute Gasteiger partial charge is 0.128 e. The summed E-state index contributed by atoms with van der Waals surface area (Å²) in [6.45, 7) is 6.08. The lowest BCUT2D eigenvalue weighted by Crippen LogP contribution is -2.11. The summed E-state index contributed by atoms with van der Waals surface area (Å²) in [5, 5.41) is 9.41. The van der Waals surface area contributed by atoms with E-state index >= 15 is 0 Å². The highest BCUT2D eigenvalue weighted by molar-refractivity contribution is 5.44. The van der Waals surface area contributed by atoms with Crippen molar-refractivity contribution in [2.45, 2.75) is 32.9 Å². The summed E-state index contributed by atoms with van der Waals surface area (Å²) >= 11 is 0. The van der Waals surface area contributed by atoms with Crippen LogP contribution < -0.4 is 10.5 Å². The van der Waals surface area contributed by atoms with Gasteiger partial charge in [0.15, 0.2) is 0 Å². The van der Waals surface area contributed by atoms with Gasteiger partial charge in [-0.25, -0.2) is 0 Å². The van der Waals surface area contributed by atoms with Crippen LogP contribution in [-0.4, -0.2) is 12.2 Å². The van der Waals surface area contributed by atoms with Crippen LogP contribution >= 0.6 is 0 Å². The maximum absolute atomic E-state index is 9.41. The second-order valence-corrected chi connectivity index (χ2v) is 4.05. The van der Waals surface area contributed by atoms with Crippen LogP contribution in [0.15, 0.2) is 12.1 Å². The minimum atomic E-state index is -0.923. The van der Waals surface area contributed by atoms with Gasteiger partial charge in [0.05, 0.1) is 7.11 Å². The monoisotopic (exact) mass is 209 g/mol. The molecule has 1 aromatic carbocycles. The molecule has 0 fully saturated rings. The Balaban J connectivity index is 3.30. The number of hydrogen-bond donors (Lipinski definition) is 2. The molecule has 1 atom stereocenters. The average molecular weight is 209 g/mol. The van der Waals surface area contributed by atoms with Gasteiger partial charge in [0.25, 0.3) is 0 Å². The second-order valence-electron chi connectivity index (χ2n) is 4.05. The molecule has 0 spiro atoms. The van der Waals surface area contributed by atoms with E-state index in [0.717, 1.165) is 22.4 Å². The minimum absolute atomic E-state index is 0.345. The molecule has 0 saturated carbocycles. The molecular formula is C12H19NO2. The Morgan fingerprint density at radius 2 is 1.87 bits per heavy atom. The Morgan fingerprint density at radius 3 is 2.27 bits per heavy atom. The maximum atomic E-state index is 9.41. The fourth-order valence-electron chi connectivity index (χ4n) is 1.66. The molecule has 3 heteroatoms. The van der Waals surface area contributed by atoms with Gasteiger partial charge in [0.1, 0.15) is 12.0 Å². The lowest BCUT2D eigenvalue weighted by molar-refractivity contribution is 0.185.